The van der Waals surface area contributed by atoms with Crippen molar-refractivity contribution < 1.29 is 9.47 Å². The van der Waals surface area contributed by atoms with E-state index in [9.17, 15) is 0 Å². The van der Waals surface area contributed by atoms with Crippen molar-refractivity contribution in [3.8, 4) is 11.5 Å². The van der Waals surface area contributed by atoms with Gasteiger partial charge in [-0.15, -0.1) is 0 Å². The third-order valence-electron chi connectivity index (χ3n) is 3.48. The normalized spacial score (nSPS) is 23.7. The van der Waals surface area contributed by atoms with Crippen LogP contribution in [0.5, 0.6) is 11.5 Å². The molecule has 1 saturated carbocycles. The lowest BCUT2D eigenvalue weighted by atomic mass is 9.89. The molecule has 0 aromatic heterocycles. The van der Waals surface area contributed by atoms with Crippen LogP contribution in [0.4, 0.5) is 5.69 Å². The molecule has 18 heavy (non-hydrogen) atoms. The Morgan fingerprint density at radius 1 is 1.11 bits per heavy atom. The van der Waals surface area contributed by atoms with Crippen LogP contribution in [0.3, 0.4) is 0 Å². The molecule has 1 fully saturated rings. The average molecular weight is 249 g/mol. The summed E-state index contributed by atoms with van der Waals surface area (Å²) in [5, 5.41) is 0. The maximum Gasteiger partial charge on any atom is 0.125 e. The number of rotatable bonds is 4. The van der Waals surface area contributed by atoms with Crippen LogP contribution in [0.2, 0.25) is 0 Å². The fraction of sp³-hybridized carbons (Fsp3) is 0.600. The molecule has 0 saturated heterocycles. The summed E-state index contributed by atoms with van der Waals surface area (Å²) in [5.74, 6) is 2.46. The van der Waals surface area contributed by atoms with E-state index in [4.69, 9.17) is 15.2 Å². The number of hydrogen-bond donors (Lipinski definition) is 1. The lowest BCUT2D eigenvalue weighted by Gasteiger charge is -2.27. The van der Waals surface area contributed by atoms with Crippen molar-refractivity contribution in [2.24, 2.45) is 5.92 Å². The van der Waals surface area contributed by atoms with E-state index >= 15 is 0 Å². The molecule has 0 radical (unpaired) electrons. The van der Waals surface area contributed by atoms with E-state index in [0.29, 0.717) is 18.4 Å². The van der Waals surface area contributed by atoms with Crippen LogP contribution in [0.1, 0.15) is 39.5 Å². The van der Waals surface area contributed by atoms with Gasteiger partial charge in [-0.25, -0.2) is 0 Å². The van der Waals surface area contributed by atoms with Crippen molar-refractivity contribution in [1.82, 2.24) is 0 Å². The molecule has 2 rings (SSSR count). The van der Waals surface area contributed by atoms with Gasteiger partial charge in [-0.05, 0) is 38.5 Å². The number of ether oxygens (including phenoxy) is 2. The molecule has 3 heteroatoms. The van der Waals surface area contributed by atoms with Crippen LogP contribution >= 0.6 is 0 Å². The molecule has 1 aliphatic rings. The van der Waals surface area contributed by atoms with Crippen LogP contribution in [0.15, 0.2) is 18.2 Å². The average Bonchev–Trinajstić information content (AvgIpc) is 2.32. The predicted octanol–water partition coefficient (Wildman–Crippen LogP) is 3.63. The monoisotopic (exact) mass is 249 g/mol. The summed E-state index contributed by atoms with van der Waals surface area (Å²) in [6.07, 6.45) is 5.12. The van der Waals surface area contributed by atoms with E-state index in [-0.39, 0.29) is 0 Å². The van der Waals surface area contributed by atoms with Crippen LogP contribution in [0, 0.1) is 5.92 Å². The van der Waals surface area contributed by atoms with Crippen molar-refractivity contribution in [3.05, 3.63) is 18.2 Å². The van der Waals surface area contributed by atoms with Crippen LogP contribution in [-0.2, 0) is 0 Å². The first-order valence-electron chi connectivity index (χ1n) is 6.87. The van der Waals surface area contributed by atoms with Crippen molar-refractivity contribution in [3.63, 3.8) is 0 Å². The molecule has 0 bridgehead atoms. The third-order valence-corrected chi connectivity index (χ3v) is 3.48. The van der Waals surface area contributed by atoms with Crippen LogP contribution in [0.25, 0.3) is 0 Å². The van der Waals surface area contributed by atoms with Gasteiger partial charge in [0.15, 0.2) is 0 Å². The Bertz CT molecular complexity index is 384. The van der Waals surface area contributed by atoms with Crippen LogP contribution < -0.4 is 15.2 Å². The molecule has 3 nitrogen and oxygen atoms in total. The standard InChI is InChI=1S/C15H23NO2/c1-3-17-14-8-12(16)9-15(10-14)18-13-6-4-11(2)5-7-13/h8-11,13H,3-7,16H2,1-2H3. The highest BCUT2D eigenvalue weighted by Gasteiger charge is 2.19. The van der Waals surface area contributed by atoms with E-state index in [1.807, 2.05) is 25.1 Å². The lowest BCUT2D eigenvalue weighted by Crippen LogP contribution is -2.23. The highest BCUT2D eigenvalue weighted by molar-refractivity contribution is 5.50. The molecule has 0 unspecified atom stereocenters. The fourth-order valence-corrected chi connectivity index (χ4v) is 2.45. The largest absolute Gasteiger partial charge is 0.494 e. The topological polar surface area (TPSA) is 44.5 Å². The Labute approximate surface area is 109 Å². The molecule has 0 amide bonds. The van der Waals surface area contributed by atoms with Gasteiger partial charge >= 0.3 is 0 Å². The van der Waals surface area contributed by atoms with Gasteiger partial charge in [0.2, 0.25) is 0 Å². The van der Waals surface area contributed by atoms with Gasteiger partial charge in [-0.2, -0.15) is 0 Å². The van der Waals surface area contributed by atoms with Gasteiger partial charge in [0.05, 0.1) is 12.7 Å². The minimum Gasteiger partial charge on any atom is -0.494 e. The second kappa shape index (κ2) is 5.98. The summed E-state index contributed by atoms with van der Waals surface area (Å²) in [6.45, 7) is 4.92. The lowest BCUT2D eigenvalue weighted by molar-refractivity contribution is 0.135. The van der Waals surface area contributed by atoms with E-state index in [2.05, 4.69) is 6.92 Å². The molecule has 1 aromatic carbocycles. The Morgan fingerprint density at radius 3 is 2.44 bits per heavy atom. The van der Waals surface area contributed by atoms with E-state index < -0.39 is 0 Å². The molecule has 100 valence electrons. The van der Waals surface area contributed by atoms with Crippen molar-refractivity contribution in [1.29, 1.82) is 0 Å². The smallest absolute Gasteiger partial charge is 0.125 e. The number of hydrogen-bond acceptors (Lipinski definition) is 3. The Balaban J connectivity index is 2.00. The minimum absolute atomic E-state index is 0.331. The first-order valence-corrected chi connectivity index (χ1v) is 6.87. The number of nitrogen functional groups attached to an aromatic ring is 1. The van der Waals surface area contributed by atoms with Gasteiger partial charge < -0.3 is 15.2 Å². The number of nitrogens with two attached hydrogens (primary N) is 1. The SMILES string of the molecule is CCOc1cc(N)cc(OC2CCC(C)CC2)c1. The summed E-state index contributed by atoms with van der Waals surface area (Å²) >= 11 is 0. The van der Waals surface area contributed by atoms with Gasteiger partial charge in [0.1, 0.15) is 11.5 Å². The van der Waals surface area contributed by atoms with Gasteiger partial charge in [-0.1, -0.05) is 6.92 Å². The molecule has 0 spiro atoms. The van der Waals surface area contributed by atoms with Gasteiger partial charge in [0, 0.05) is 23.9 Å². The molecular formula is C15H23NO2. The second-order valence-corrected chi connectivity index (χ2v) is 5.17. The Kier molecular flexibility index (Phi) is 4.34. The molecule has 2 N–H and O–H groups in total. The zero-order valence-corrected chi connectivity index (χ0v) is 11.3. The van der Waals surface area contributed by atoms with Crippen molar-refractivity contribution in [2.45, 2.75) is 45.6 Å². The Hall–Kier alpha value is -1.38. The molecule has 0 heterocycles. The van der Waals surface area contributed by atoms with E-state index in [1.165, 1.54) is 12.8 Å². The second-order valence-electron chi connectivity index (χ2n) is 5.17. The molecule has 0 aliphatic heterocycles. The maximum absolute atomic E-state index is 6.01. The van der Waals surface area contributed by atoms with Gasteiger partial charge in [0.25, 0.3) is 0 Å². The molecular weight excluding hydrogens is 226 g/mol. The fourth-order valence-electron chi connectivity index (χ4n) is 2.45. The highest BCUT2D eigenvalue weighted by atomic mass is 16.5. The first-order chi connectivity index (χ1) is 8.67. The first kappa shape index (κ1) is 13.1. The van der Waals surface area contributed by atoms with E-state index in [1.54, 1.807) is 0 Å². The summed E-state index contributed by atoms with van der Waals surface area (Å²) in [7, 11) is 0. The summed E-state index contributed by atoms with van der Waals surface area (Å²) in [6, 6.07) is 5.64. The van der Waals surface area contributed by atoms with Crippen molar-refractivity contribution >= 4 is 5.69 Å². The summed E-state index contributed by atoms with van der Waals surface area (Å²) in [5.41, 5.74) is 6.55. The zero-order chi connectivity index (χ0) is 13.0. The zero-order valence-electron chi connectivity index (χ0n) is 11.3. The van der Waals surface area contributed by atoms with Crippen molar-refractivity contribution in [2.75, 3.05) is 12.3 Å². The third kappa shape index (κ3) is 3.56. The quantitative estimate of drug-likeness (QED) is 0.829. The van der Waals surface area contributed by atoms with Crippen LogP contribution in [-0.4, -0.2) is 12.7 Å². The Morgan fingerprint density at radius 2 is 1.78 bits per heavy atom. The molecule has 1 aromatic rings. The minimum atomic E-state index is 0.331. The van der Waals surface area contributed by atoms with E-state index in [0.717, 1.165) is 30.3 Å². The summed E-state index contributed by atoms with van der Waals surface area (Å²) < 4.78 is 11.5. The molecule has 1 aliphatic carbocycles. The predicted molar refractivity (Wildman–Crippen MR) is 74.1 cm³/mol. The molecule has 0 atom stereocenters. The maximum atomic E-state index is 6.01. The highest BCUT2D eigenvalue weighted by Crippen LogP contribution is 2.30. The number of anilines is 1. The van der Waals surface area contributed by atoms with Gasteiger partial charge in [-0.3, -0.25) is 0 Å². The summed E-state index contributed by atoms with van der Waals surface area (Å²) in [4.78, 5) is 0. The number of benzene rings is 1.